The maximum Gasteiger partial charge on any atom is 0.263 e. The molecule has 0 atom stereocenters. The fourth-order valence-electron chi connectivity index (χ4n) is 1.28. The van der Waals surface area contributed by atoms with Gasteiger partial charge in [0.05, 0.1) is 12.5 Å². The minimum Gasteiger partial charge on any atom is -0.462 e. The molecule has 5 nitrogen and oxygen atoms in total. The summed E-state index contributed by atoms with van der Waals surface area (Å²) in [6.45, 7) is 1.16. The van der Waals surface area contributed by atoms with Gasteiger partial charge in [0.1, 0.15) is 4.88 Å². The smallest absolute Gasteiger partial charge is 0.263 e. The molecule has 1 amide bonds. The van der Waals surface area contributed by atoms with E-state index >= 15 is 0 Å². The largest absolute Gasteiger partial charge is 0.462 e. The van der Waals surface area contributed by atoms with Crippen LogP contribution in [0.1, 0.15) is 16.1 Å². The zero-order chi connectivity index (χ0) is 12.1. The normalized spacial score (nSPS) is 9.32. The average molecular weight is 324 g/mol. The first kappa shape index (κ1) is 17.9. The van der Waals surface area contributed by atoms with Crippen molar-refractivity contribution in [1.82, 2.24) is 10.3 Å². The van der Waals surface area contributed by atoms with Crippen molar-refractivity contribution in [2.75, 3.05) is 13.1 Å². The molecule has 0 radical (unpaired) electrons. The van der Waals surface area contributed by atoms with Crippen LogP contribution in [-0.4, -0.2) is 24.0 Å². The molecule has 2 rings (SSSR count). The average Bonchev–Trinajstić information content (AvgIpc) is 3.00. The van der Waals surface area contributed by atoms with Crippen LogP contribution in [-0.2, 0) is 0 Å². The fraction of sp³-hybridized carbons (Fsp3) is 0.273. The van der Waals surface area contributed by atoms with Gasteiger partial charge in [0.15, 0.2) is 10.8 Å². The van der Waals surface area contributed by atoms with Gasteiger partial charge in [0, 0.05) is 6.54 Å². The zero-order valence-corrected chi connectivity index (χ0v) is 12.4. The molecule has 0 fully saturated rings. The number of aromatic nitrogens is 1. The monoisotopic (exact) mass is 323 g/mol. The van der Waals surface area contributed by atoms with Gasteiger partial charge in [-0.15, -0.1) is 36.2 Å². The Kier molecular flexibility index (Phi) is 8.42. The van der Waals surface area contributed by atoms with E-state index in [0.717, 1.165) is 6.42 Å². The Morgan fingerprint density at radius 2 is 2.26 bits per heavy atom. The summed E-state index contributed by atoms with van der Waals surface area (Å²) in [6, 6.07) is 3.60. The molecule has 0 aliphatic carbocycles. The molecule has 3 N–H and O–H groups in total. The second-order valence-corrected chi connectivity index (χ2v) is 4.44. The second kappa shape index (κ2) is 8.92. The van der Waals surface area contributed by atoms with Crippen molar-refractivity contribution in [3.05, 3.63) is 29.5 Å². The summed E-state index contributed by atoms with van der Waals surface area (Å²) in [5.74, 6) is 0.560. The summed E-state index contributed by atoms with van der Waals surface area (Å²) in [4.78, 5) is 16.4. The van der Waals surface area contributed by atoms with Crippen LogP contribution in [0, 0.1) is 0 Å². The Labute approximate surface area is 127 Å². The van der Waals surface area contributed by atoms with Crippen LogP contribution < -0.4 is 11.1 Å². The number of nitrogens with zero attached hydrogens (tertiary/aromatic N) is 1. The Balaban J connectivity index is 0.00000162. The molecule has 106 valence electrons. The van der Waals surface area contributed by atoms with Crippen LogP contribution in [0.15, 0.2) is 29.0 Å². The molecule has 0 saturated carbocycles. The molecular weight excluding hydrogens is 309 g/mol. The van der Waals surface area contributed by atoms with E-state index in [1.807, 2.05) is 6.07 Å². The van der Waals surface area contributed by atoms with E-state index in [4.69, 9.17) is 10.2 Å². The lowest BCUT2D eigenvalue weighted by atomic mass is 10.4. The van der Waals surface area contributed by atoms with Gasteiger partial charge < -0.3 is 15.5 Å². The van der Waals surface area contributed by atoms with Gasteiger partial charge in [0.25, 0.3) is 5.91 Å². The van der Waals surface area contributed by atoms with Gasteiger partial charge in [-0.3, -0.25) is 4.79 Å². The van der Waals surface area contributed by atoms with E-state index < -0.39 is 0 Å². The lowest BCUT2D eigenvalue weighted by Crippen LogP contribution is -2.25. The number of amides is 1. The van der Waals surface area contributed by atoms with Gasteiger partial charge in [-0.05, 0) is 25.1 Å². The predicted octanol–water partition coefficient (Wildman–Crippen LogP) is 2.33. The maximum atomic E-state index is 11.7. The standard InChI is InChI=1S/C11H13N3O2S.2ClH/c12-4-2-5-13-10(15)9-7-14-11(17-9)8-3-1-6-16-8;;/h1,3,6-7H,2,4-5,12H2,(H,13,15);2*1H. The van der Waals surface area contributed by atoms with Crippen LogP contribution in [0.5, 0.6) is 0 Å². The number of nitrogens with one attached hydrogen (secondary N) is 1. The van der Waals surface area contributed by atoms with Crippen molar-refractivity contribution < 1.29 is 9.21 Å². The summed E-state index contributed by atoms with van der Waals surface area (Å²) in [7, 11) is 0. The number of hydrogen-bond donors (Lipinski definition) is 2. The first-order valence-electron chi connectivity index (χ1n) is 5.29. The molecule has 0 spiro atoms. The number of carbonyl (C=O) groups is 1. The summed E-state index contributed by atoms with van der Waals surface area (Å²) < 4.78 is 5.21. The number of halogens is 2. The molecule has 2 aromatic heterocycles. The molecule has 2 heterocycles. The molecule has 19 heavy (non-hydrogen) atoms. The number of furan rings is 1. The summed E-state index contributed by atoms with van der Waals surface area (Å²) in [6.07, 6.45) is 3.91. The molecule has 0 saturated heterocycles. The van der Waals surface area contributed by atoms with E-state index in [2.05, 4.69) is 10.3 Å². The molecule has 0 bridgehead atoms. The lowest BCUT2D eigenvalue weighted by Gasteiger charge is -2.00. The Hall–Kier alpha value is -1.08. The Morgan fingerprint density at radius 3 is 2.89 bits per heavy atom. The second-order valence-electron chi connectivity index (χ2n) is 3.41. The van der Waals surface area contributed by atoms with Gasteiger partial charge >= 0.3 is 0 Å². The highest BCUT2D eigenvalue weighted by atomic mass is 35.5. The molecular formula is C11H15Cl2N3O2S. The highest BCUT2D eigenvalue weighted by Crippen LogP contribution is 2.25. The molecule has 0 aliphatic rings. The highest BCUT2D eigenvalue weighted by molar-refractivity contribution is 7.16. The SMILES string of the molecule is Cl.Cl.NCCCNC(=O)c1cnc(-c2ccco2)s1. The third-order valence-corrected chi connectivity index (χ3v) is 3.14. The van der Waals surface area contributed by atoms with Crippen molar-refractivity contribution in [3.8, 4) is 10.8 Å². The van der Waals surface area contributed by atoms with Crippen molar-refractivity contribution >= 4 is 42.1 Å². The van der Waals surface area contributed by atoms with Gasteiger partial charge in [-0.25, -0.2) is 4.98 Å². The van der Waals surface area contributed by atoms with E-state index in [-0.39, 0.29) is 30.7 Å². The number of thiazole rings is 1. The zero-order valence-electron chi connectivity index (χ0n) is 10.00. The number of nitrogens with two attached hydrogens (primary N) is 1. The third kappa shape index (κ3) is 4.83. The van der Waals surface area contributed by atoms with Gasteiger partial charge in [0.2, 0.25) is 0 Å². The molecule has 0 unspecified atom stereocenters. The van der Waals surface area contributed by atoms with Gasteiger partial charge in [-0.2, -0.15) is 0 Å². The van der Waals surface area contributed by atoms with Crippen molar-refractivity contribution in [1.29, 1.82) is 0 Å². The van der Waals surface area contributed by atoms with Crippen LogP contribution in [0.3, 0.4) is 0 Å². The van der Waals surface area contributed by atoms with Crippen molar-refractivity contribution in [2.45, 2.75) is 6.42 Å². The Morgan fingerprint density at radius 1 is 1.47 bits per heavy atom. The van der Waals surface area contributed by atoms with Crippen molar-refractivity contribution in [3.63, 3.8) is 0 Å². The number of rotatable bonds is 5. The lowest BCUT2D eigenvalue weighted by molar-refractivity contribution is 0.0957. The first-order valence-corrected chi connectivity index (χ1v) is 6.11. The van der Waals surface area contributed by atoms with Crippen LogP contribution in [0.4, 0.5) is 0 Å². The first-order chi connectivity index (χ1) is 8.31. The van der Waals surface area contributed by atoms with Crippen LogP contribution in [0.2, 0.25) is 0 Å². The molecule has 0 aromatic carbocycles. The highest BCUT2D eigenvalue weighted by Gasteiger charge is 2.12. The van der Waals surface area contributed by atoms with E-state index in [1.54, 1.807) is 18.5 Å². The van der Waals surface area contributed by atoms with Crippen LogP contribution >= 0.6 is 36.2 Å². The summed E-state index contributed by atoms with van der Waals surface area (Å²) in [5.41, 5.74) is 5.35. The van der Waals surface area contributed by atoms with Crippen LogP contribution in [0.25, 0.3) is 10.8 Å². The van der Waals surface area contributed by atoms with E-state index in [1.165, 1.54) is 11.3 Å². The number of carbonyl (C=O) groups excluding carboxylic acids is 1. The topological polar surface area (TPSA) is 81.1 Å². The number of hydrogen-bond acceptors (Lipinski definition) is 5. The third-order valence-electron chi connectivity index (χ3n) is 2.13. The fourth-order valence-corrected chi connectivity index (χ4v) is 2.09. The predicted molar refractivity (Wildman–Crippen MR) is 80.3 cm³/mol. The maximum absolute atomic E-state index is 11.7. The van der Waals surface area contributed by atoms with E-state index in [0.29, 0.717) is 28.7 Å². The quantitative estimate of drug-likeness (QED) is 0.827. The van der Waals surface area contributed by atoms with Gasteiger partial charge in [-0.1, -0.05) is 0 Å². The molecule has 8 heteroatoms. The summed E-state index contributed by atoms with van der Waals surface area (Å²) >= 11 is 1.31. The minimum atomic E-state index is -0.117. The molecule has 0 aliphatic heterocycles. The van der Waals surface area contributed by atoms with Crippen molar-refractivity contribution in [2.24, 2.45) is 5.73 Å². The van der Waals surface area contributed by atoms with E-state index in [9.17, 15) is 4.79 Å². The Bertz CT molecular complexity index is 488. The summed E-state index contributed by atoms with van der Waals surface area (Å²) in [5, 5.41) is 3.49. The minimum absolute atomic E-state index is 0. The molecule has 2 aromatic rings.